The number of H-pyrrole nitrogens is 1. The molecule has 1 fully saturated rings. The van der Waals surface area contributed by atoms with Crippen molar-refractivity contribution in [3.63, 3.8) is 0 Å². The molecule has 2 aromatic carbocycles. The second-order valence-electron chi connectivity index (χ2n) is 8.34. The number of alkyl halides is 3. The van der Waals surface area contributed by atoms with E-state index in [1.54, 1.807) is 24.3 Å². The van der Waals surface area contributed by atoms with Crippen molar-refractivity contribution in [1.82, 2.24) is 20.6 Å². The number of hydrogen-bond acceptors (Lipinski definition) is 6. The number of aromatic nitrogens is 4. The molecule has 4 rings (SSSR count). The normalized spacial score (nSPS) is 16.6. The molecule has 1 aliphatic rings. The number of aromatic amines is 1. The van der Waals surface area contributed by atoms with Gasteiger partial charge in [0.2, 0.25) is 5.82 Å². The topological polar surface area (TPSA) is 109 Å². The summed E-state index contributed by atoms with van der Waals surface area (Å²) in [6.45, 7) is 0. The number of aliphatic hydroxyl groups is 1. The fraction of sp³-hybridized carbons (Fsp3) is 0.409. The van der Waals surface area contributed by atoms with Crippen LogP contribution in [0.2, 0.25) is 0 Å². The van der Waals surface area contributed by atoms with Crippen molar-refractivity contribution in [3.8, 4) is 22.5 Å². The molecule has 7 nitrogen and oxygen atoms in total. The van der Waals surface area contributed by atoms with Gasteiger partial charge in [-0.1, -0.05) is 49.6 Å². The molecule has 0 bridgehead atoms. The first-order valence-electron chi connectivity index (χ1n) is 10.5. The molecule has 1 aliphatic carbocycles. The van der Waals surface area contributed by atoms with Crippen molar-refractivity contribution >= 4 is 9.84 Å². The molecule has 0 spiro atoms. The maximum Gasteiger partial charge on any atom is 0.417 e. The molecule has 1 saturated carbocycles. The highest BCUT2D eigenvalue weighted by Crippen LogP contribution is 2.43. The van der Waals surface area contributed by atoms with Gasteiger partial charge in [0.1, 0.15) is 0 Å². The van der Waals surface area contributed by atoms with Gasteiger partial charge in [-0.3, -0.25) is 0 Å². The fourth-order valence-electron chi connectivity index (χ4n) is 4.50. The number of halogens is 3. The Kier molecular flexibility index (Phi) is 6.28. The summed E-state index contributed by atoms with van der Waals surface area (Å²) in [5, 5.41) is 23.8. The van der Waals surface area contributed by atoms with Crippen LogP contribution < -0.4 is 0 Å². The lowest BCUT2D eigenvalue weighted by Gasteiger charge is -2.27. The van der Waals surface area contributed by atoms with Crippen molar-refractivity contribution in [2.24, 2.45) is 5.92 Å². The lowest BCUT2D eigenvalue weighted by Crippen LogP contribution is -2.16. The number of hydrogen-bond donors (Lipinski definition) is 2. The lowest BCUT2D eigenvalue weighted by atomic mass is 9.82. The van der Waals surface area contributed by atoms with Gasteiger partial charge in [-0.25, -0.2) is 8.42 Å². The molecule has 0 radical (unpaired) electrons. The molecule has 0 amide bonds. The summed E-state index contributed by atoms with van der Waals surface area (Å²) in [4.78, 5) is -0.903. The number of tetrazole rings is 1. The zero-order valence-electron chi connectivity index (χ0n) is 17.8. The maximum absolute atomic E-state index is 13.7. The predicted molar refractivity (Wildman–Crippen MR) is 115 cm³/mol. The van der Waals surface area contributed by atoms with Crippen molar-refractivity contribution in [3.05, 3.63) is 47.5 Å². The zero-order valence-corrected chi connectivity index (χ0v) is 18.6. The van der Waals surface area contributed by atoms with Crippen molar-refractivity contribution in [1.29, 1.82) is 0 Å². The van der Waals surface area contributed by atoms with Crippen LogP contribution in [0.5, 0.6) is 0 Å². The van der Waals surface area contributed by atoms with Crippen molar-refractivity contribution < 1.29 is 26.7 Å². The number of rotatable bonds is 5. The smallest absolute Gasteiger partial charge is 0.388 e. The number of benzene rings is 2. The van der Waals surface area contributed by atoms with Crippen molar-refractivity contribution in [2.75, 3.05) is 6.26 Å². The summed E-state index contributed by atoms with van der Waals surface area (Å²) in [7, 11) is -4.32. The monoisotopic (exact) mass is 480 g/mol. The molecule has 0 aliphatic heterocycles. The van der Waals surface area contributed by atoms with Crippen LogP contribution in [0.4, 0.5) is 13.2 Å². The van der Waals surface area contributed by atoms with Gasteiger partial charge in [0.15, 0.2) is 9.84 Å². The van der Waals surface area contributed by atoms with Crippen LogP contribution in [-0.2, 0) is 16.0 Å². The van der Waals surface area contributed by atoms with E-state index in [4.69, 9.17) is 0 Å². The summed E-state index contributed by atoms with van der Waals surface area (Å²) in [6.07, 6.45) is 0.398. The highest BCUT2D eigenvalue weighted by atomic mass is 32.2. The minimum absolute atomic E-state index is 0.169. The molecule has 33 heavy (non-hydrogen) atoms. The van der Waals surface area contributed by atoms with E-state index in [0.29, 0.717) is 17.4 Å². The highest BCUT2D eigenvalue weighted by Gasteiger charge is 2.39. The molecule has 3 aromatic rings. The first-order valence-corrected chi connectivity index (χ1v) is 12.4. The molecule has 1 atom stereocenters. The van der Waals surface area contributed by atoms with Gasteiger partial charge < -0.3 is 5.11 Å². The highest BCUT2D eigenvalue weighted by molar-refractivity contribution is 7.91. The van der Waals surface area contributed by atoms with E-state index >= 15 is 0 Å². The van der Waals surface area contributed by atoms with Gasteiger partial charge in [-0.15, -0.1) is 10.2 Å². The summed E-state index contributed by atoms with van der Waals surface area (Å²) in [6, 6.07) is 8.69. The first-order chi connectivity index (χ1) is 15.6. The van der Waals surface area contributed by atoms with E-state index in [1.807, 2.05) is 0 Å². The number of sulfone groups is 1. The number of nitrogens with zero attached hydrogens (tertiary/aromatic N) is 3. The van der Waals surface area contributed by atoms with Crippen molar-refractivity contribution in [2.45, 2.75) is 49.3 Å². The third kappa shape index (κ3) is 4.79. The first kappa shape index (κ1) is 23.4. The summed E-state index contributed by atoms with van der Waals surface area (Å²) < 4.78 is 66.1. The molecule has 176 valence electrons. The largest absolute Gasteiger partial charge is 0.417 e. The fourth-order valence-corrected chi connectivity index (χ4v) is 5.66. The Morgan fingerprint density at radius 3 is 2.27 bits per heavy atom. The second-order valence-corrected chi connectivity index (χ2v) is 10.3. The summed E-state index contributed by atoms with van der Waals surface area (Å²) in [5.74, 6) is -0.0924. The quantitative estimate of drug-likeness (QED) is 0.554. The van der Waals surface area contributed by atoms with E-state index in [1.165, 1.54) is 6.07 Å². The summed E-state index contributed by atoms with van der Waals surface area (Å²) in [5.41, 5.74) is -0.182. The van der Waals surface area contributed by atoms with Gasteiger partial charge in [0, 0.05) is 6.26 Å². The predicted octanol–water partition coefficient (Wildman–Crippen LogP) is 4.57. The van der Waals surface area contributed by atoms with Gasteiger partial charge in [0.05, 0.1) is 22.1 Å². The Balaban J connectivity index is 1.84. The number of nitrogens with one attached hydrogen (secondary N) is 1. The van der Waals surface area contributed by atoms with Crippen LogP contribution in [0.3, 0.4) is 0 Å². The lowest BCUT2D eigenvalue weighted by molar-refractivity contribution is -0.139. The molecule has 1 unspecified atom stereocenters. The Hall–Kier alpha value is -2.79. The van der Waals surface area contributed by atoms with Gasteiger partial charge in [-0.2, -0.15) is 18.4 Å². The Labute approximate surface area is 189 Å². The van der Waals surface area contributed by atoms with E-state index < -0.39 is 32.6 Å². The molecule has 2 N–H and O–H groups in total. The maximum atomic E-state index is 13.7. The third-order valence-electron chi connectivity index (χ3n) is 6.06. The van der Waals surface area contributed by atoms with E-state index in [9.17, 15) is 26.7 Å². The Morgan fingerprint density at radius 2 is 1.73 bits per heavy atom. The van der Waals surface area contributed by atoms with Crippen LogP contribution in [0.25, 0.3) is 22.5 Å². The second kappa shape index (κ2) is 8.86. The average Bonchev–Trinajstić information content (AvgIpc) is 3.32. The van der Waals surface area contributed by atoms with Crippen LogP contribution in [0, 0.1) is 5.92 Å². The molecule has 0 saturated heterocycles. The SMILES string of the molecule is CS(=O)(=O)c1c(C(F)(F)F)ccc(-c2ccc(C(O)C3CCCCC3)cc2)c1-c1nn[nH]n1. The summed E-state index contributed by atoms with van der Waals surface area (Å²) >= 11 is 0. The minimum atomic E-state index is -4.90. The van der Waals surface area contributed by atoms with Crippen LogP contribution in [-0.4, -0.2) is 40.4 Å². The molecule has 1 heterocycles. The van der Waals surface area contributed by atoms with Crippen LogP contribution in [0.1, 0.15) is 49.3 Å². The van der Waals surface area contributed by atoms with Crippen LogP contribution >= 0.6 is 0 Å². The number of aliphatic hydroxyl groups excluding tert-OH is 1. The van der Waals surface area contributed by atoms with E-state index in [0.717, 1.165) is 38.2 Å². The molecular formula is C22H23F3N4O3S. The minimum Gasteiger partial charge on any atom is -0.388 e. The molecule has 11 heteroatoms. The Morgan fingerprint density at radius 1 is 1.06 bits per heavy atom. The van der Waals surface area contributed by atoms with Crippen LogP contribution in [0.15, 0.2) is 41.3 Å². The third-order valence-corrected chi connectivity index (χ3v) is 7.23. The Bertz CT molecular complexity index is 1220. The van der Waals surface area contributed by atoms with E-state index in [2.05, 4.69) is 20.6 Å². The molecule has 1 aromatic heterocycles. The van der Waals surface area contributed by atoms with Gasteiger partial charge >= 0.3 is 6.18 Å². The molecular weight excluding hydrogens is 457 g/mol. The standard InChI is InChI=1S/C22H23F3N4O3S/c1-33(31,32)20-17(22(23,24)25)12-11-16(18(20)21-26-28-29-27-21)13-7-9-15(10-8-13)19(30)14-5-3-2-4-6-14/h7-12,14,19,30H,2-6H2,1H3,(H,26,27,28,29). The zero-order chi connectivity index (χ0) is 23.8. The van der Waals surface area contributed by atoms with Gasteiger partial charge in [0.25, 0.3) is 0 Å². The average molecular weight is 481 g/mol. The van der Waals surface area contributed by atoms with Gasteiger partial charge in [-0.05, 0) is 46.7 Å². The van der Waals surface area contributed by atoms with E-state index in [-0.39, 0.29) is 22.9 Å².